The van der Waals surface area contributed by atoms with Gasteiger partial charge in [0.05, 0.1) is 27.4 Å². The van der Waals surface area contributed by atoms with E-state index in [1.54, 1.807) is 6.07 Å². The largest absolute Gasteiger partial charge is 0.477 e. The number of β-lactam (4-membered cyclic amide) rings is 1. The van der Waals surface area contributed by atoms with Crippen molar-refractivity contribution in [3.63, 3.8) is 0 Å². The number of carbonyl (C=O) groups excluding carboxylic acids is 2. The molecule has 2 aliphatic heterocycles. The third kappa shape index (κ3) is 5.42. The van der Waals surface area contributed by atoms with Crippen molar-refractivity contribution in [1.82, 2.24) is 10.2 Å². The number of carbonyl (C=O) groups is 3. The fourth-order valence-corrected chi connectivity index (χ4v) is 6.71. The van der Waals surface area contributed by atoms with Crippen molar-refractivity contribution in [3.8, 4) is 0 Å². The van der Waals surface area contributed by atoms with Crippen LogP contribution in [0.15, 0.2) is 52.7 Å². The molecule has 0 aliphatic carbocycles. The van der Waals surface area contributed by atoms with Gasteiger partial charge in [0.1, 0.15) is 17.1 Å². The van der Waals surface area contributed by atoms with Gasteiger partial charge in [0.2, 0.25) is 5.91 Å². The van der Waals surface area contributed by atoms with E-state index < -0.39 is 23.3 Å². The second-order valence-electron chi connectivity index (χ2n) is 7.72. The number of carboxylic acids is 1. The molecular formula is C22H20Cl3N4O4S2+. The Kier molecular flexibility index (Phi) is 8.19. The molecule has 1 aromatic heterocycles. The lowest BCUT2D eigenvalue weighted by molar-refractivity contribution is -0.696. The van der Waals surface area contributed by atoms with E-state index in [2.05, 4.69) is 5.32 Å². The number of thioether (sulfide) groups is 2. The zero-order valence-electron chi connectivity index (χ0n) is 18.0. The lowest BCUT2D eigenvalue weighted by Crippen LogP contribution is -2.71. The van der Waals surface area contributed by atoms with Crippen LogP contribution < -0.4 is 15.6 Å². The van der Waals surface area contributed by atoms with Gasteiger partial charge in [-0.25, -0.2) is 4.79 Å². The number of nitrogens with one attached hydrogen (secondary N) is 1. The fraction of sp³-hybridized carbons (Fsp3) is 0.273. The lowest BCUT2D eigenvalue weighted by Gasteiger charge is -2.49. The van der Waals surface area contributed by atoms with Crippen LogP contribution in [-0.4, -0.2) is 50.7 Å². The first-order chi connectivity index (χ1) is 16.7. The van der Waals surface area contributed by atoms with Crippen molar-refractivity contribution in [3.05, 3.63) is 68.6 Å². The highest BCUT2D eigenvalue weighted by Gasteiger charge is 2.54. The number of amides is 2. The summed E-state index contributed by atoms with van der Waals surface area (Å²) in [4.78, 5) is 39.4. The highest BCUT2D eigenvalue weighted by Crippen LogP contribution is 2.40. The molecule has 13 heteroatoms. The molecule has 1 aromatic carbocycles. The van der Waals surface area contributed by atoms with E-state index in [-0.39, 0.29) is 17.4 Å². The molecule has 2 atom stereocenters. The minimum absolute atomic E-state index is 0.00175. The number of pyridine rings is 1. The minimum atomic E-state index is -1.18. The van der Waals surface area contributed by atoms with Gasteiger partial charge in [-0.15, -0.1) is 23.5 Å². The first-order valence-electron chi connectivity index (χ1n) is 10.4. The summed E-state index contributed by atoms with van der Waals surface area (Å²) >= 11 is 20.7. The van der Waals surface area contributed by atoms with E-state index in [4.69, 9.17) is 40.5 Å². The van der Waals surface area contributed by atoms with Gasteiger partial charge in [-0.3, -0.25) is 14.5 Å². The van der Waals surface area contributed by atoms with Crippen molar-refractivity contribution in [2.45, 2.75) is 29.4 Å². The SMILES string of the molecule is NCc1cccc[n+]1CC1=C(C(=O)O)N2C(=O)[C@@H](NC(=O)CSc3cc(Cl)c(Cl)cc3Cl)[C@H]2SC1. The van der Waals surface area contributed by atoms with E-state index in [0.29, 0.717) is 44.4 Å². The van der Waals surface area contributed by atoms with Crippen molar-refractivity contribution in [2.24, 2.45) is 5.73 Å². The molecule has 4 N–H and O–H groups in total. The van der Waals surface area contributed by atoms with E-state index in [0.717, 1.165) is 17.5 Å². The fourth-order valence-electron chi connectivity index (χ4n) is 3.84. The first kappa shape index (κ1) is 26.1. The van der Waals surface area contributed by atoms with Crippen molar-refractivity contribution in [2.75, 3.05) is 11.5 Å². The second-order valence-corrected chi connectivity index (χ2v) is 11.1. The number of carboxylic acid groups (broad SMARTS) is 1. The van der Waals surface area contributed by atoms with Crippen molar-refractivity contribution >= 4 is 76.1 Å². The molecule has 2 aliphatic rings. The lowest BCUT2D eigenvalue weighted by atomic mass is 10.0. The number of aromatic nitrogens is 1. The van der Waals surface area contributed by atoms with Crippen LogP contribution in [0.25, 0.3) is 0 Å². The number of aliphatic carboxylic acids is 1. The monoisotopic (exact) mass is 573 g/mol. The summed E-state index contributed by atoms with van der Waals surface area (Å²) < 4.78 is 1.87. The standard InChI is InChI=1S/C22H19Cl3N4O4S2/c23-13-5-15(25)16(6-14(13)24)34-10-17(30)27-18-20(31)29-19(22(32)33)11(9-35-21(18)29)8-28-4-2-1-3-12(28)7-26/h1-6,18,21H,7-10,26H2,(H-,27,30,32,33)/p+1/t18-,21-/m1/s1. The highest BCUT2D eigenvalue weighted by atomic mass is 35.5. The number of halogens is 3. The molecule has 35 heavy (non-hydrogen) atoms. The molecule has 2 amide bonds. The third-order valence-corrected chi connectivity index (χ3v) is 9.05. The van der Waals surface area contributed by atoms with Crippen LogP contribution in [0.4, 0.5) is 0 Å². The molecule has 0 unspecified atom stereocenters. The van der Waals surface area contributed by atoms with E-state index in [1.165, 1.54) is 22.7 Å². The quantitative estimate of drug-likeness (QED) is 0.192. The summed E-state index contributed by atoms with van der Waals surface area (Å²) in [6.07, 6.45) is 1.82. The Labute approximate surface area is 224 Å². The van der Waals surface area contributed by atoms with Gasteiger partial charge < -0.3 is 16.2 Å². The molecule has 2 aromatic rings. The van der Waals surface area contributed by atoms with Crippen LogP contribution in [0.1, 0.15) is 5.69 Å². The van der Waals surface area contributed by atoms with E-state index >= 15 is 0 Å². The predicted octanol–water partition coefficient (Wildman–Crippen LogP) is 2.92. The summed E-state index contributed by atoms with van der Waals surface area (Å²) in [6.45, 7) is 0.602. The van der Waals surface area contributed by atoms with Gasteiger partial charge in [-0.2, -0.15) is 4.57 Å². The molecule has 1 saturated heterocycles. The Bertz CT molecular complexity index is 1240. The molecule has 0 spiro atoms. The number of nitrogens with two attached hydrogens (primary N) is 1. The molecule has 1 fully saturated rings. The van der Waals surface area contributed by atoms with Crippen LogP contribution in [0.2, 0.25) is 15.1 Å². The maximum absolute atomic E-state index is 12.9. The molecule has 8 nitrogen and oxygen atoms in total. The average molecular weight is 575 g/mol. The Hall–Kier alpha value is -1.95. The molecule has 3 heterocycles. The van der Waals surface area contributed by atoms with Gasteiger partial charge >= 0.3 is 5.97 Å². The second kappa shape index (κ2) is 11.0. The third-order valence-electron chi connectivity index (χ3n) is 5.50. The van der Waals surface area contributed by atoms with Crippen LogP contribution in [0.5, 0.6) is 0 Å². The Morgan fingerprint density at radius 3 is 2.69 bits per heavy atom. The van der Waals surface area contributed by atoms with Crippen LogP contribution >= 0.6 is 58.3 Å². The summed E-state index contributed by atoms with van der Waals surface area (Å²) in [5.41, 5.74) is 7.20. The van der Waals surface area contributed by atoms with Crippen molar-refractivity contribution < 1.29 is 24.1 Å². The number of benzene rings is 1. The predicted molar refractivity (Wildman–Crippen MR) is 136 cm³/mol. The van der Waals surface area contributed by atoms with Gasteiger partial charge in [-0.05, 0) is 12.1 Å². The topological polar surface area (TPSA) is 117 Å². The zero-order chi connectivity index (χ0) is 25.3. The van der Waals surface area contributed by atoms with Crippen LogP contribution in [-0.2, 0) is 27.5 Å². The Morgan fingerprint density at radius 1 is 1.23 bits per heavy atom. The number of rotatable bonds is 8. The molecular weight excluding hydrogens is 555 g/mol. The van der Waals surface area contributed by atoms with Gasteiger partial charge in [0, 0.05) is 28.4 Å². The molecule has 0 saturated carbocycles. The number of hydrogen-bond acceptors (Lipinski definition) is 6. The van der Waals surface area contributed by atoms with E-state index in [9.17, 15) is 19.5 Å². The first-order valence-corrected chi connectivity index (χ1v) is 13.5. The summed E-state index contributed by atoms with van der Waals surface area (Å²) in [6, 6.07) is 7.82. The molecule has 0 radical (unpaired) electrons. The smallest absolute Gasteiger partial charge is 0.352 e. The van der Waals surface area contributed by atoms with Crippen LogP contribution in [0.3, 0.4) is 0 Å². The van der Waals surface area contributed by atoms with Gasteiger partial charge in [0.25, 0.3) is 5.91 Å². The number of fused-ring (bicyclic) bond motifs is 1. The van der Waals surface area contributed by atoms with E-state index in [1.807, 2.05) is 29.0 Å². The normalized spacial score (nSPS) is 19.3. The summed E-state index contributed by atoms with van der Waals surface area (Å²) in [5, 5.41) is 13.1. The number of hydrogen-bond donors (Lipinski definition) is 3. The zero-order valence-corrected chi connectivity index (χ0v) is 21.9. The highest BCUT2D eigenvalue weighted by molar-refractivity contribution is 8.00. The molecule has 184 valence electrons. The maximum atomic E-state index is 12.9. The van der Waals surface area contributed by atoms with Gasteiger partial charge in [-0.1, -0.05) is 40.9 Å². The molecule has 0 bridgehead atoms. The number of nitrogens with zero attached hydrogens (tertiary/aromatic N) is 2. The average Bonchev–Trinajstić information content (AvgIpc) is 2.83. The van der Waals surface area contributed by atoms with Crippen LogP contribution in [0, 0.1) is 0 Å². The van der Waals surface area contributed by atoms with Gasteiger partial charge in [0.15, 0.2) is 18.4 Å². The maximum Gasteiger partial charge on any atom is 0.352 e. The molecule has 4 rings (SSSR count). The summed E-state index contributed by atoms with van der Waals surface area (Å²) in [7, 11) is 0. The minimum Gasteiger partial charge on any atom is -0.477 e. The van der Waals surface area contributed by atoms with Crippen molar-refractivity contribution in [1.29, 1.82) is 0 Å². The summed E-state index contributed by atoms with van der Waals surface area (Å²) in [5.74, 6) is -1.62. The Balaban J connectivity index is 1.44. The Morgan fingerprint density at radius 2 is 1.97 bits per heavy atom.